The Hall–Kier alpha value is -2.14. The molecule has 6 heteroatoms. The smallest absolute Gasteiger partial charge is 0.220 e. The second-order valence-corrected chi connectivity index (χ2v) is 6.81. The Morgan fingerprint density at radius 3 is 2.64 bits per heavy atom. The van der Waals surface area contributed by atoms with Crippen LogP contribution >= 0.6 is 11.6 Å². The van der Waals surface area contributed by atoms with E-state index in [1.54, 1.807) is 18.6 Å². The zero-order valence-electron chi connectivity index (χ0n) is 14.2. The predicted octanol–water partition coefficient (Wildman–Crippen LogP) is 3.24. The van der Waals surface area contributed by atoms with Crippen molar-refractivity contribution < 1.29 is 4.79 Å². The number of rotatable bonds is 6. The molecule has 3 rings (SSSR count). The van der Waals surface area contributed by atoms with Crippen molar-refractivity contribution in [1.82, 2.24) is 15.3 Å². The van der Waals surface area contributed by atoms with E-state index >= 15 is 0 Å². The summed E-state index contributed by atoms with van der Waals surface area (Å²) >= 11 is 5.88. The molecule has 0 bridgehead atoms. The number of aryl methyl sites for hydroxylation is 1. The summed E-state index contributed by atoms with van der Waals surface area (Å²) in [6.45, 7) is 1.79. The van der Waals surface area contributed by atoms with Crippen LogP contribution in [0.4, 0.5) is 5.82 Å². The number of hydrogen-bond donors (Lipinski definition) is 1. The quantitative estimate of drug-likeness (QED) is 0.861. The highest BCUT2D eigenvalue weighted by Gasteiger charge is 2.21. The first kappa shape index (κ1) is 17.7. The number of carbonyl (C=O) groups excluding carboxylic acids is 1. The van der Waals surface area contributed by atoms with Crippen molar-refractivity contribution in [2.45, 2.75) is 38.1 Å². The Morgan fingerprint density at radius 1 is 1.20 bits per heavy atom. The third-order valence-electron chi connectivity index (χ3n) is 4.52. The van der Waals surface area contributed by atoms with Crippen molar-refractivity contribution in [3.63, 3.8) is 0 Å². The van der Waals surface area contributed by atoms with Crippen LogP contribution in [0.25, 0.3) is 0 Å². The summed E-state index contributed by atoms with van der Waals surface area (Å²) in [7, 11) is 0. The van der Waals surface area contributed by atoms with Crippen LogP contribution in [0.2, 0.25) is 5.02 Å². The van der Waals surface area contributed by atoms with Gasteiger partial charge in [-0.2, -0.15) is 0 Å². The standard InChI is InChI=1S/C19H23ClN4O/c20-16-6-4-15(5-7-16)2-1-3-19(25)23-17-8-12-24(13-9-17)18-14-21-10-11-22-18/h4-7,10-11,14,17H,1-3,8-9,12-13H2,(H,23,25). The monoisotopic (exact) mass is 358 g/mol. The maximum atomic E-state index is 12.1. The summed E-state index contributed by atoms with van der Waals surface area (Å²) in [6, 6.07) is 8.07. The van der Waals surface area contributed by atoms with Crippen LogP contribution in [0.15, 0.2) is 42.9 Å². The second-order valence-electron chi connectivity index (χ2n) is 6.37. The van der Waals surface area contributed by atoms with Gasteiger partial charge in [-0.1, -0.05) is 23.7 Å². The number of nitrogens with zero attached hydrogens (tertiary/aromatic N) is 3. The van der Waals surface area contributed by atoms with E-state index < -0.39 is 0 Å². The zero-order chi connectivity index (χ0) is 17.5. The van der Waals surface area contributed by atoms with Gasteiger partial charge >= 0.3 is 0 Å². The fraction of sp³-hybridized carbons (Fsp3) is 0.421. The minimum Gasteiger partial charge on any atom is -0.355 e. The highest BCUT2D eigenvalue weighted by atomic mass is 35.5. The number of halogens is 1. The first-order valence-corrected chi connectivity index (χ1v) is 9.13. The number of benzene rings is 1. The minimum absolute atomic E-state index is 0.145. The summed E-state index contributed by atoms with van der Waals surface area (Å²) in [6.07, 6.45) is 9.38. The molecule has 1 aromatic heterocycles. The van der Waals surface area contributed by atoms with Crippen LogP contribution in [-0.4, -0.2) is 35.0 Å². The molecule has 1 N–H and O–H groups in total. The zero-order valence-corrected chi connectivity index (χ0v) is 15.0. The molecule has 0 atom stereocenters. The molecule has 25 heavy (non-hydrogen) atoms. The van der Waals surface area contributed by atoms with Gasteiger partial charge in [0, 0.05) is 43.0 Å². The van der Waals surface area contributed by atoms with E-state index in [1.807, 2.05) is 24.3 Å². The molecule has 1 aliphatic rings. The van der Waals surface area contributed by atoms with Gasteiger partial charge < -0.3 is 10.2 Å². The summed E-state index contributed by atoms with van der Waals surface area (Å²) in [4.78, 5) is 22.8. The Bertz CT molecular complexity index is 670. The molecule has 5 nitrogen and oxygen atoms in total. The van der Waals surface area contributed by atoms with Crippen molar-refractivity contribution in [3.05, 3.63) is 53.4 Å². The normalized spacial score (nSPS) is 15.2. The average molecular weight is 359 g/mol. The van der Waals surface area contributed by atoms with Crippen molar-refractivity contribution in [2.24, 2.45) is 0 Å². The van der Waals surface area contributed by atoms with Gasteiger partial charge in [-0.05, 0) is 43.4 Å². The SMILES string of the molecule is O=C(CCCc1ccc(Cl)cc1)NC1CCN(c2cnccn2)CC1. The molecule has 0 saturated carbocycles. The van der Waals surface area contributed by atoms with Crippen molar-refractivity contribution >= 4 is 23.3 Å². The average Bonchev–Trinajstić information content (AvgIpc) is 2.65. The van der Waals surface area contributed by atoms with Gasteiger partial charge in [0.25, 0.3) is 0 Å². The highest BCUT2D eigenvalue weighted by molar-refractivity contribution is 6.30. The van der Waals surface area contributed by atoms with E-state index in [1.165, 1.54) is 5.56 Å². The Labute approximate surface area is 153 Å². The molecule has 0 unspecified atom stereocenters. The number of aromatic nitrogens is 2. The molecule has 132 valence electrons. The lowest BCUT2D eigenvalue weighted by Crippen LogP contribution is -2.44. The molecule has 1 amide bonds. The summed E-state index contributed by atoms with van der Waals surface area (Å²) in [5, 5.41) is 3.91. The minimum atomic E-state index is 0.145. The lowest BCUT2D eigenvalue weighted by Gasteiger charge is -2.32. The number of carbonyl (C=O) groups is 1. The van der Waals surface area contributed by atoms with E-state index in [9.17, 15) is 4.79 Å². The number of nitrogens with one attached hydrogen (secondary N) is 1. The lowest BCUT2D eigenvalue weighted by atomic mass is 10.0. The van der Waals surface area contributed by atoms with Gasteiger partial charge in [0.2, 0.25) is 5.91 Å². The van der Waals surface area contributed by atoms with E-state index in [4.69, 9.17) is 11.6 Å². The maximum absolute atomic E-state index is 12.1. The Morgan fingerprint density at radius 2 is 1.96 bits per heavy atom. The first-order chi connectivity index (χ1) is 12.2. The van der Waals surface area contributed by atoms with Crippen LogP contribution in [0.1, 0.15) is 31.2 Å². The first-order valence-electron chi connectivity index (χ1n) is 8.75. The molecule has 0 radical (unpaired) electrons. The Balaban J connectivity index is 1.35. The number of anilines is 1. The molecular weight excluding hydrogens is 336 g/mol. The summed E-state index contributed by atoms with van der Waals surface area (Å²) < 4.78 is 0. The highest BCUT2D eigenvalue weighted by Crippen LogP contribution is 2.17. The topological polar surface area (TPSA) is 58.1 Å². The van der Waals surface area contributed by atoms with Crippen LogP contribution in [0, 0.1) is 0 Å². The Kier molecular flexibility index (Phi) is 6.23. The van der Waals surface area contributed by atoms with Crippen LogP contribution < -0.4 is 10.2 Å². The third-order valence-corrected chi connectivity index (χ3v) is 4.77. The van der Waals surface area contributed by atoms with E-state index in [-0.39, 0.29) is 11.9 Å². The van der Waals surface area contributed by atoms with E-state index in [2.05, 4.69) is 20.2 Å². The van der Waals surface area contributed by atoms with E-state index in [0.717, 1.165) is 49.6 Å². The molecule has 1 aromatic carbocycles. The van der Waals surface area contributed by atoms with Gasteiger partial charge in [0.1, 0.15) is 5.82 Å². The molecule has 2 heterocycles. The number of amides is 1. The van der Waals surface area contributed by atoms with Crippen molar-refractivity contribution in [2.75, 3.05) is 18.0 Å². The largest absolute Gasteiger partial charge is 0.355 e. The van der Waals surface area contributed by atoms with Gasteiger partial charge in [-0.3, -0.25) is 9.78 Å². The van der Waals surface area contributed by atoms with Gasteiger partial charge in [-0.15, -0.1) is 0 Å². The molecular formula is C19H23ClN4O. The fourth-order valence-corrected chi connectivity index (χ4v) is 3.24. The molecule has 1 saturated heterocycles. The van der Waals surface area contributed by atoms with Crippen LogP contribution in [0.3, 0.4) is 0 Å². The third kappa shape index (κ3) is 5.43. The second kappa shape index (κ2) is 8.81. The molecule has 1 aliphatic heterocycles. The number of hydrogen-bond acceptors (Lipinski definition) is 4. The molecule has 0 aliphatic carbocycles. The number of piperidine rings is 1. The summed E-state index contributed by atoms with van der Waals surface area (Å²) in [5.74, 6) is 1.06. The molecule has 2 aromatic rings. The lowest BCUT2D eigenvalue weighted by molar-refractivity contribution is -0.122. The van der Waals surface area contributed by atoms with Crippen LogP contribution in [-0.2, 0) is 11.2 Å². The predicted molar refractivity (Wildman–Crippen MR) is 99.8 cm³/mol. The fourth-order valence-electron chi connectivity index (χ4n) is 3.11. The van der Waals surface area contributed by atoms with Crippen LogP contribution in [0.5, 0.6) is 0 Å². The maximum Gasteiger partial charge on any atom is 0.220 e. The van der Waals surface area contributed by atoms with E-state index in [0.29, 0.717) is 6.42 Å². The van der Waals surface area contributed by atoms with Crippen molar-refractivity contribution in [3.8, 4) is 0 Å². The summed E-state index contributed by atoms with van der Waals surface area (Å²) in [5.41, 5.74) is 1.22. The molecule has 1 fully saturated rings. The van der Waals surface area contributed by atoms with Gasteiger partial charge in [0.05, 0.1) is 6.20 Å². The van der Waals surface area contributed by atoms with Gasteiger partial charge in [-0.25, -0.2) is 4.98 Å². The van der Waals surface area contributed by atoms with Gasteiger partial charge in [0.15, 0.2) is 0 Å². The molecule has 0 spiro atoms. The van der Waals surface area contributed by atoms with Crippen molar-refractivity contribution in [1.29, 1.82) is 0 Å².